The number of carbonyl (C=O) groups excluding carboxylic acids is 1. The lowest BCUT2D eigenvalue weighted by atomic mass is 9.77. The van der Waals surface area contributed by atoms with Gasteiger partial charge in [-0.3, -0.25) is 0 Å². The van der Waals surface area contributed by atoms with Gasteiger partial charge in [-0.05, 0) is 66.7 Å². The fourth-order valence-corrected chi connectivity index (χ4v) is 8.04. The maximum atomic E-state index is 11.3. The van der Waals surface area contributed by atoms with Crippen molar-refractivity contribution >= 4 is 50.4 Å². The summed E-state index contributed by atoms with van der Waals surface area (Å²) in [5.74, 6) is 3.99. The summed E-state index contributed by atoms with van der Waals surface area (Å²) in [7, 11) is 0. The second-order valence-electron chi connectivity index (χ2n) is 11.5. The summed E-state index contributed by atoms with van der Waals surface area (Å²) in [4.78, 5) is 13.6. The third kappa shape index (κ3) is 4.63. The fourth-order valence-electron chi connectivity index (χ4n) is 6.86. The van der Waals surface area contributed by atoms with Gasteiger partial charge in [0.25, 0.3) is 5.01 Å². The average Bonchev–Trinajstić information content (AvgIpc) is 3.73. The van der Waals surface area contributed by atoms with Gasteiger partial charge in [0.15, 0.2) is 23.8 Å². The van der Waals surface area contributed by atoms with E-state index in [0.717, 1.165) is 82.6 Å². The van der Waals surface area contributed by atoms with Crippen LogP contribution in [0, 0.1) is 5.92 Å². The maximum Gasteiger partial charge on any atom is 0.263 e. The van der Waals surface area contributed by atoms with Gasteiger partial charge in [0.05, 0.1) is 18.2 Å². The first kappa shape index (κ1) is 26.3. The summed E-state index contributed by atoms with van der Waals surface area (Å²) in [6, 6.07) is 16.9. The Morgan fingerprint density at radius 1 is 1.00 bits per heavy atom. The van der Waals surface area contributed by atoms with E-state index in [1.165, 1.54) is 27.5 Å². The topological polar surface area (TPSA) is 51.9 Å². The van der Waals surface area contributed by atoms with Crippen LogP contribution in [0.3, 0.4) is 0 Å². The van der Waals surface area contributed by atoms with E-state index in [4.69, 9.17) is 14.2 Å². The maximum absolute atomic E-state index is 11.3. The molecule has 6 nitrogen and oxygen atoms in total. The van der Waals surface area contributed by atoms with Gasteiger partial charge in [-0.1, -0.05) is 53.8 Å². The quantitative estimate of drug-likeness (QED) is 0.169. The van der Waals surface area contributed by atoms with Gasteiger partial charge in [0, 0.05) is 30.1 Å². The van der Waals surface area contributed by atoms with Crippen molar-refractivity contribution < 1.29 is 23.6 Å². The van der Waals surface area contributed by atoms with Gasteiger partial charge in [0.2, 0.25) is 18.2 Å². The number of allylic oxidation sites excluding steroid dienone is 6. The molecule has 216 valence electrons. The minimum Gasteiger partial charge on any atom is -0.454 e. The molecule has 0 saturated carbocycles. The molecule has 0 amide bonds. The molecular formula is C36H33N2O4S+. The molecule has 1 atom stereocenters. The molecule has 0 fully saturated rings. The Bertz CT molecular complexity index is 1910. The summed E-state index contributed by atoms with van der Waals surface area (Å²) >= 11 is 1.74. The van der Waals surface area contributed by atoms with Gasteiger partial charge < -0.3 is 23.9 Å². The molecular weight excluding hydrogens is 556 g/mol. The monoisotopic (exact) mass is 589 g/mol. The van der Waals surface area contributed by atoms with E-state index in [2.05, 4.69) is 83.2 Å². The van der Waals surface area contributed by atoms with E-state index in [9.17, 15) is 4.79 Å². The van der Waals surface area contributed by atoms with Crippen LogP contribution in [0.25, 0.3) is 27.1 Å². The Hall–Kier alpha value is -4.36. The number of ether oxygens (including phenoxy) is 3. The number of hydrogen-bond acceptors (Lipinski definition) is 6. The summed E-state index contributed by atoms with van der Waals surface area (Å²) in [5, 5.41) is 3.60. The van der Waals surface area contributed by atoms with Crippen molar-refractivity contribution in [2.45, 2.75) is 45.6 Å². The Morgan fingerprint density at radius 2 is 1.86 bits per heavy atom. The van der Waals surface area contributed by atoms with Crippen molar-refractivity contribution in [2.75, 3.05) is 18.2 Å². The second-order valence-corrected chi connectivity index (χ2v) is 12.6. The van der Waals surface area contributed by atoms with Gasteiger partial charge >= 0.3 is 0 Å². The van der Waals surface area contributed by atoms with Gasteiger partial charge in [-0.15, -0.1) is 0 Å². The Kier molecular flexibility index (Phi) is 6.56. The molecule has 0 saturated heterocycles. The SMILES string of the molecule is CCN1/C(=C/C2=CC3=C/C(=C/c4sc5cc6c(cc5[n+]4CCC=O)OCO6)CCC3CC2)Oc2ccc3ccccc3c21. The molecule has 43 heavy (non-hydrogen) atoms. The zero-order chi connectivity index (χ0) is 28.9. The van der Waals surface area contributed by atoms with Crippen LogP contribution in [0.5, 0.6) is 17.2 Å². The van der Waals surface area contributed by atoms with Crippen LogP contribution in [0.4, 0.5) is 5.69 Å². The molecule has 4 aromatic rings. The lowest BCUT2D eigenvalue weighted by molar-refractivity contribution is -0.667. The van der Waals surface area contributed by atoms with E-state index in [0.29, 0.717) is 18.9 Å². The number of benzene rings is 3. The molecule has 0 radical (unpaired) electrons. The summed E-state index contributed by atoms with van der Waals surface area (Å²) in [6.45, 7) is 3.93. The third-order valence-corrected chi connectivity index (χ3v) is 10.1. The fraction of sp³-hybridized carbons (Fsp3) is 0.278. The van der Waals surface area contributed by atoms with E-state index in [-0.39, 0.29) is 6.79 Å². The highest BCUT2D eigenvalue weighted by molar-refractivity contribution is 7.18. The van der Waals surface area contributed by atoms with E-state index in [1.54, 1.807) is 11.3 Å². The van der Waals surface area contributed by atoms with Crippen LogP contribution >= 0.6 is 11.3 Å². The number of aldehydes is 1. The molecule has 4 aliphatic rings. The molecule has 0 bridgehead atoms. The molecule has 2 aliphatic heterocycles. The van der Waals surface area contributed by atoms with Crippen LogP contribution in [0.1, 0.15) is 44.0 Å². The zero-order valence-corrected chi connectivity index (χ0v) is 25.0. The van der Waals surface area contributed by atoms with Crippen molar-refractivity contribution in [3.8, 4) is 17.2 Å². The molecule has 0 N–H and O–H groups in total. The summed E-state index contributed by atoms with van der Waals surface area (Å²) < 4.78 is 21.1. The minimum absolute atomic E-state index is 0.255. The van der Waals surface area contributed by atoms with Gasteiger partial charge in [-0.25, -0.2) is 0 Å². The molecule has 2 aliphatic carbocycles. The van der Waals surface area contributed by atoms with Crippen molar-refractivity contribution in [3.63, 3.8) is 0 Å². The largest absolute Gasteiger partial charge is 0.454 e. The van der Waals surface area contributed by atoms with Crippen LogP contribution in [-0.4, -0.2) is 19.6 Å². The summed E-state index contributed by atoms with van der Waals surface area (Å²) in [6.07, 6.45) is 15.2. The van der Waals surface area contributed by atoms with Crippen LogP contribution < -0.4 is 23.7 Å². The second kappa shape index (κ2) is 10.7. The standard InChI is InChI=1S/C36H33N2O4S/c1-2-37-34(42-30-13-12-26-6-3-4-7-28(26)36(30)37)18-23-8-10-25-11-9-24(17-27(25)16-23)19-35-38(14-5-15-39)29-20-31-32(41-22-40-31)21-33(29)43-35/h3-4,6-7,12-13,15-21,25H,2,5,8-11,14,22H2,1H3/q+1. The predicted octanol–water partition coefficient (Wildman–Crippen LogP) is 7.86. The van der Waals surface area contributed by atoms with Gasteiger partial charge in [0.1, 0.15) is 11.0 Å². The Morgan fingerprint density at radius 3 is 2.74 bits per heavy atom. The first-order chi connectivity index (χ1) is 21.2. The van der Waals surface area contributed by atoms with Crippen molar-refractivity contribution in [1.82, 2.24) is 0 Å². The number of rotatable bonds is 6. The molecule has 3 heterocycles. The summed E-state index contributed by atoms with van der Waals surface area (Å²) in [5.41, 5.74) is 6.29. The number of aryl methyl sites for hydroxylation is 1. The van der Waals surface area contributed by atoms with Crippen LogP contribution in [0.2, 0.25) is 0 Å². The molecule has 7 heteroatoms. The average molecular weight is 590 g/mol. The number of nitrogens with zero attached hydrogens (tertiary/aromatic N) is 2. The number of fused-ring (bicyclic) bond motifs is 6. The molecule has 0 spiro atoms. The van der Waals surface area contributed by atoms with Gasteiger partial charge in [-0.2, -0.15) is 4.57 Å². The van der Waals surface area contributed by atoms with E-state index >= 15 is 0 Å². The Labute approximate surface area is 254 Å². The first-order valence-corrected chi connectivity index (χ1v) is 16.0. The normalized spacial score (nSPS) is 20.8. The lowest BCUT2D eigenvalue weighted by Crippen LogP contribution is -2.35. The van der Waals surface area contributed by atoms with E-state index in [1.807, 2.05) is 6.07 Å². The molecule has 1 aromatic heterocycles. The first-order valence-electron chi connectivity index (χ1n) is 15.2. The van der Waals surface area contributed by atoms with E-state index < -0.39 is 0 Å². The highest BCUT2D eigenvalue weighted by Crippen LogP contribution is 2.45. The molecule has 1 unspecified atom stereocenters. The van der Waals surface area contributed by atoms with Crippen molar-refractivity contribution in [2.24, 2.45) is 5.92 Å². The van der Waals surface area contributed by atoms with Crippen LogP contribution in [0.15, 0.2) is 89.4 Å². The van der Waals surface area contributed by atoms with Crippen molar-refractivity contribution in [1.29, 1.82) is 0 Å². The highest BCUT2D eigenvalue weighted by Gasteiger charge is 2.30. The Balaban J connectivity index is 1.12. The minimum atomic E-state index is 0.255. The molecule has 3 aromatic carbocycles. The highest BCUT2D eigenvalue weighted by atomic mass is 32.1. The third-order valence-electron chi connectivity index (χ3n) is 8.98. The van der Waals surface area contributed by atoms with Crippen molar-refractivity contribution in [3.05, 3.63) is 94.4 Å². The smallest absolute Gasteiger partial charge is 0.263 e. The lowest BCUT2D eigenvalue weighted by Gasteiger charge is -2.28. The number of hydrogen-bond donors (Lipinski definition) is 0. The van der Waals surface area contributed by atoms with Crippen LogP contribution in [-0.2, 0) is 11.3 Å². The number of thiazole rings is 1. The number of aromatic nitrogens is 1. The molecule has 8 rings (SSSR count). The predicted molar refractivity (Wildman–Crippen MR) is 171 cm³/mol. The number of carbonyl (C=O) groups is 1. The zero-order valence-electron chi connectivity index (χ0n) is 24.2. The number of anilines is 1.